The number of hydrogen-bond donors (Lipinski definition) is 1. The Morgan fingerprint density at radius 3 is 2.68 bits per heavy atom. The van der Waals surface area contributed by atoms with Gasteiger partial charge >= 0.3 is 0 Å². The molecule has 0 aliphatic carbocycles. The average Bonchev–Trinajstić information content (AvgIpc) is 2.61. The maximum atomic E-state index is 12.3. The maximum absolute atomic E-state index is 12.3. The van der Waals surface area contributed by atoms with Crippen LogP contribution in [0.4, 0.5) is 11.4 Å². The van der Waals surface area contributed by atoms with E-state index in [1.165, 1.54) is 0 Å². The number of halogens is 1. The number of methoxy groups -OCH3 is 1. The fourth-order valence-electron chi connectivity index (χ4n) is 2.87. The van der Waals surface area contributed by atoms with Gasteiger partial charge in [0.25, 0.3) is 5.91 Å². The third-order valence-electron chi connectivity index (χ3n) is 4.16. The molecule has 6 heteroatoms. The molecule has 1 N–H and O–H groups in total. The smallest absolute Gasteiger partial charge is 0.255 e. The fraction of sp³-hybridized carbons (Fsp3) is 0.263. The SMILES string of the molecule is COCCN1C(=O)CCc2cc(NC(=O)c3ccc(Br)cc3)ccc21. The number of amides is 2. The standard InChI is InChI=1S/C19H19BrN2O3/c1-25-11-10-22-17-8-7-16(12-14(17)4-9-18(22)23)21-19(24)13-2-5-15(20)6-3-13/h2-3,5-8,12H,4,9-11H2,1H3,(H,21,24). The molecule has 2 aromatic rings. The minimum atomic E-state index is -0.157. The zero-order valence-electron chi connectivity index (χ0n) is 13.9. The molecule has 5 nitrogen and oxygen atoms in total. The third-order valence-corrected chi connectivity index (χ3v) is 4.69. The van der Waals surface area contributed by atoms with Gasteiger partial charge in [-0.05, 0) is 54.4 Å². The van der Waals surface area contributed by atoms with Crippen molar-refractivity contribution in [3.63, 3.8) is 0 Å². The van der Waals surface area contributed by atoms with Crippen molar-refractivity contribution >= 4 is 39.1 Å². The molecular weight excluding hydrogens is 384 g/mol. The van der Waals surface area contributed by atoms with Crippen molar-refractivity contribution in [2.24, 2.45) is 0 Å². The first kappa shape index (κ1) is 17.6. The molecule has 0 unspecified atom stereocenters. The van der Waals surface area contributed by atoms with Gasteiger partial charge < -0.3 is 15.0 Å². The lowest BCUT2D eigenvalue weighted by Crippen LogP contribution is -2.37. The highest BCUT2D eigenvalue weighted by Crippen LogP contribution is 2.30. The van der Waals surface area contributed by atoms with Crippen molar-refractivity contribution in [3.05, 3.63) is 58.1 Å². The third kappa shape index (κ3) is 4.08. The van der Waals surface area contributed by atoms with Crippen molar-refractivity contribution < 1.29 is 14.3 Å². The monoisotopic (exact) mass is 402 g/mol. The van der Waals surface area contributed by atoms with E-state index in [0.29, 0.717) is 31.6 Å². The number of carbonyl (C=O) groups is 2. The van der Waals surface area contributed by atoms with E-state index in [0.717, 1.165) is 21.4 Å². The van der Waals surface area contributed by atoms with E-state index in [2.05, 4.69) is 21.2 Å². The van der Waals surface area contributed by atoms with Crippen LogP contribution in [0.25, 0.3) is 0 Å². The van der Waals surface area contributed by atoms with Crippen molar-refractivity contribution in [3.8, 4) is 0 Å². The predicted molar refractivity (Wildman–Crippen MR) is 101 cm³/mol. The number of fused-ring (bicyclic) bond motifs is 1. The fourth-order valence-corrected chi connectivity index (χ4v) is 3.13. The van der Waals surface area contributed by atoms with Crippen LogP contribution in [0.2, 0.25) is 0 Å². The molecule has 2 amide bonds. The van der Waals surface area contributed by atoms with E-state index in [1.807, 2.05) is 30.3 Å². The molecule has 0 saturated carbocycles. The molecule has 0 fully saturated rings. The Labute approximate surface area is 155 Å². The van der Waals surface area contributed by atoms with Gasteiger partial charge in [0, 0.05) is 41.5 Å². The van der Waals surface area contributed by atoms with E-state index in [1.54, 1.807) is 24.1 Å². The van der Waals surface area contributed by atoms with Gasteiger partial charge in [-0.15, -0.1) is 0 Å². The second-order valence-corrected chi connectivity index (χ2v) is 6.76. The Kier molecular flexibility index (Phi) is 5.50. The summed E-state index contributed by atoms with van der Waals surface area (Å²) < 4.78 is 6.02. The molecule has 0 atom stereocenters. The Morgan fingerprint density at radius 2 is 1.96 bits per heavy atom. The molecule has 25 heavy (non-hydrogen) atoms. The molecular formula is C19H19BrN2O3. The molecule has 1 aliphatic rings. The Hall–Kier alpha value is -2.18. The molecule has 0 saturated heterocycles. The zero-order valence-corrected chi connectivity index (χ0v) is 15.5. The van der Waals surface area contributed by atoms with Gasteiger partial charge in [-0.3, -0.25) is 9.59 Å². The minimum Gasteiger partial charge on any atom is -0.383 e. The topological polar surface area (TPSA) is 58.6 Å². The minimum absolute atomic E-state index is 0.108. The lowest BCUT2D eigenvalue weighted by molar-refractivity contribution is -0.119. The number of benzene rings is 2. The first-order chi connectivity index (χ1) is 12.1. The van der Waals surface area contributed by atoms with Gasteiger partial charge in [-0.25, -0.2) is 0 Å². The van der Waals surface area contributed by atoms with Crippen molar-refractivity contribution in [2.45, 2.75) is 12.8 Å². The summed E-state index contributed by atoms with van der Waals surface area (Å²) in [6.07, 6.45) is 1.15. The van der Waals surface area contributed by atoms with Crippen LogP contribution in [0.3, 0.4) is 0 Å². The lowest BCUT2D eigenvalue weighted by atomic mass is 10.0. The summed E-state index contributed by atoms with van der Waals surface area (Å²) in [5.41, 5.74) is 3.28. The summed E-state index contributed by atoms with van der Waals surface area (Å²) in [5.74, 6) is -0.0493. The van der Waals surface area contributed by atoms with E-state index in [4.69, 9.17) is 4.74 Å². The van der Waals surface area contributed by atoms with E-state index in [-0.39, 0.29) is 11.8 Å². The Balaban J connectivity index is 1.77. The number of anilines is 2. The molecule has 0 spiro atoms. The van der Waals surface area contributed by atoms with Crippen LogP contribution in [0, 0.1) is 0 Å². The Bertz CT molecular complexity index is 790. The molecule has 3 rings (SSSR count). The highest BCUT2D eigenvalue weighted by molar-refractivity contribution is 9.10. The van der Waals surface area contributed by atoms with Gasteiger partial charge in [0.2, 0.25) is 5.91 Å². The Morgan fingerprint density at radius 1 is 1.20 bits per heavy atom. The van der Waals surface area contributed by atoms with Crippen LogP contribution >= 0.6 is 15.9 Å². The first-order valence-electron chi connectivity index (χ1n) is 8.07. The molecule has 1 aliphatic heterocycles. The first-order valence-corrected chi connectivity index (χ1v) is 8.87. The second-order valence-electron chi connectivity index (χ2n) is 5.84. The maximum Gasteiger partial charge on any atom is 0.255 e. The average molecular weight is 403 g/mol. The number of aryl methyl sites for hydroxylation is 1. The summed E-state index contributed by atoms with van der Waals surface area (Å²) in [7, 11) is 1.62. The van der Waals surface area contributed by atoms with Gasteiger partial charge in [0.1, 0.15) is 0 Å². The van der Waals surface area contributed by atoms with E-state index < -0.39 is 0 Å². The van der Waals surface area contributed by atoms with E-state index in [9.17, 15) is 9.59 Å². The summed E-state index contributed by atoms with van der Waals surface area (Å²) in [6.45, 7) is 1.03. The molecule has 130 valence electrons. The normalized spacial score (nSPS) is 13.5. The van der Waals surface area contributed by atoms with Crippen molar-refractivity contribution in [1.29, 1.82) is 0 Å². The van der Waals surface area contributed by atoms with E-state index >= 15 is 0 Å². The lowest BCUT2D eigenvalue weighted by Gasteiger charge is -2.29. The number of rotatable bonds is 5. The highest BCUT2D eigenvalue weighted by atomic mass is 79.9. The van der Waals surface area contributed by atoms with Gasteiger partial charge in [0.05, 0.1) is 6.61 Å². The van der Waals surface area contributed by atoms with Crippen molar-refractivity contribution in [1.82, 2.24) is 0 Å². The highest BCUT2D eigenvalue weighted by Gasteiger charge is 2.24. The summed E-state index contributed by atoms with van der Waals surface area (Å²) in [4.78, 5) is 26.2. The number of nitrogens with zero attached hydrogens (tertiary/aromatic N) is 1. The van der Waals surface area contributed by atoms with Crippen molar-refractivity contribution in [2.75, 3.05) is 30.5 Å². The predicted octanol–water partition coefficient (Wildman–Crippen LogP) is 3.63. The van der Waals surface area contributed by atoms with Crippen LogP contribution in [0.5, 0.6) is 0 Å². The molecule has 0 bridgehead atoms. The summed E-state index contributed by atoms with van der Waals surface area (Å²) in [6, 6.07) is 12.9. The number of nitrogens with one attached hydrogen (secondary N) is 1. The second kappa shape index (κ2) is 7.80. The van der Waals surface area contributed by atoms with Crippen LogP contribution in [0.1, 0.15) is 22.3 Å². The van der Waals surface area contributed by atoms with Gasteiger partial charge in [0.15, 0.2) is 0 Å². The number of hydrogen-bond acceptors (Lipinski definition) is 3. The number of carbonyl (C=O) groups excluding carboxylic acids is 2. The van der Waals surface area contributed by atoms with Crippen LogP contribution in [-0.4, -0.2) is 32.1 Å². The number of ether oxygens (including phenoxy) is 1. The zero-order chi connectivity index (χ0) is 17.8. The largest absolute Gasteiger partial charge is 0.383 e. The molecule has 0 radical (unpaired) electrons. The van der Waals surface area contributed by atoms with Crippen LogP contribution in [-0.2, 0) is 16.0 Å². The van der Waals surface area contributed by atoms with Crippen LogP contribution < -0.4 is 10.2 Å². The molecule has 1 heterocycles. The summed E-state index contributed by atoms with van der Waals surface area (Å²) in [5, 5.41) is 2.91. The quantitative estimate of drug-likeness (QED) is 0.830. The molecule has 2 aromatic carbocycles. The molecule has 0 aromatic heterocycles. The summed E-state index contributed by atoms with van der Waals surface area (Å²) >= 11 is 3.36. The van der Waals surface area contributed by atoms with Gasteiger partial charge in [-0.2, -0.15) is 0 Å². The van der Waals surface area contributed by atoms with Gasteiger partial charge in [-0.1, -0.05) is 15.9 Å². The van der Waals surface area contributed by atoms with Crippen LogP contribution in [0.15, 0.2) is 46.9 Å².